The highest BCUT2D eigenvalue weighted by atomic mass is 16.5. The smallest absolute Gasteiger partial charge is 0.233 e. The van der Waals surface area contributed by atoms with Crippen molar-refractivity contribution >= 4 is 29.1 Å². The van der Waals surface area contributed by atoms with Crippen LogP contribution < -0.4 is 15.0 Å². The van der Waals surface area contributed by atoms with Gasteiger partial charge in [-0.25, -0.2) is 4.98 Å². The number of Topliss-reactive ketones (excluding diaryl/α,β-unsaturated/α-hetero) is 1. The van der Waals surface area contributed by atoms with Gasteiger partial charge in [-0.3, -0.25) is 4.79 Å². The van der Waals surface area contributed by atoms with E-state index >= 15 is 0 Å². The van der Waals surface area contributed by atoms with Crippen LogP contribution in [-0.2, 0) is 0 Å². The number of nitrogens with one attached hydrogen (secondary N) is 1. The number of methoxy groups -OCH3 is 1. The maximum Gasteiger partial charge on any atom is 0.233 e. The molecule has 0 unspecified atom stereocenters. The van der Waals surface area contributed by atoms with Gasteiger partial charge in [0.15, 0.2) is 11.6 Å². The van der Waals surface area contributed by atoms with Gasteiger partial charge in [0, 0.05) is 30.8 Å². The minimum Gasteiger partial charge on any atom is -0.480 e. The molecule has 130 valence electrons. The van der Waals surface area contributed by atoms with Crippen molar-refractivity contribution in [2.75, 3.05) is 23.9 Å². The van der Waals surface area contributed by atoms with Gasteiger partial charge in [0.05, 0.1) is 12.8 Å². The molecular formula is C18H16N6O2. The lowest BCUT2D eigenvalue weighted by Crippen LogP contribution is -2.28. The predicted octanol–water partition coefficient (Wildman–Crippen LogP) is 2.74. The number of anilines is 4. The van der Waals surface area contributed by atoms with Crippen molar-refractivity contribution in [1.82, 2.24) is 20.2 Å². The fourth-order valence-electron chi connectivity index (χ4n) is 2.82. The van der Waals surface area contributed by atoms with E-state index in [9.17, 15) is 4.79 Å². The first kappa shape index (κ1) is 15.9. The van der Waals surface area contributed by atoms with E-state index in [0.717, 1.165) is 5.69 Å². The highest BCUT2D eigenvalue weighted by Crippen LogP contribution is 2.32. The van der Waals surface area contributed by atoms with Gasteiger partial charge in [-0.05, 0) is 24.3 Å². The summed E-state index contributed by atoms with van der Waals surface area (Å²) in [5, 5.41) is 10.9. The monoisotopic (exact) mass is 348 g/mol. The van der Waals surface area contributed by atoms with Crippen molar-refractivity contribution in [3.8, 4) is 5.88 Å². The van der Waals surface area contributed by atoms with Crippen LogP contribution in [0.25, 0.3) is 0 Å². The number of benzene rings is 1. The highest BCUT2D eigenvalue weighted by molar-refractivity contribution is 6.04. The summed E-state index contributed by atoms with van der Waals surface area (Å²) in [5.41, 5.74) is 1.57. The van der Waals surface area contributed by atoms with Crippen molar-refractivity contribution in [1.29, 1.82) is 0 Å². The van der Waals surface area contributed by atoms with Gasteiger partial charge in [0.2, 0.25) is 11.8 Å². The summed E-state index contributed by atoms with van der Waals surface area (Å²) in [4.78, 5) is 22.9. The highest BCUT2D eigenvalue weighted by Gasteiger charge is 2.24. The molecule has 8 nitrogen and oxygen atoms in total. The Hall–Kier alpha value is -3.55. The van der Waals surface area contributed by atoms with Gasteiger partial charge >= 0.3 is 0 Å². The number of fused-ring (bicyclic) bond motifs is 1. The van der Waals surface area contributed by atoms with E-state index < -0.39 is 0 Å². The summed E-state index contributed by atoms with van der Waals surface area (Å²) in [6.45, 7) is 0.578. The minimum absolute atomic E-state index is 0.151. The molecule has 4 rings (SSSR count). The molecular weight excluding hydrogens is 332 g/mol. The van der Waals surface area contributed by atoms with Crippen molar-refractivity contribution in [3.05, 3.63) is 54.2 Å². The zero-order valence-corrected chi connectivity index (χ0v) is 14.1. The van der Waals surface area contributed by atoms with Crippen molar-refractivity contribution < 1.29 is 9.53 Å². The molecule has 1 N–H and O–H groups in total. The standard InChI is InChI=1S/C18H16N6O2/c1-26-17-7-6-15(22-23-17)20-18-19-10-8-16(21-18)24-11-9-14(25)12-4-2-3-5-13(12)24/h2-8,10H,9,11H2,1H3,(H,19,20,21,22). The quantitative estimate of drug-likeness (QED) is 0.769. The first-order valence-corrected chi connectivity index (χ1v) is 8.12. The first-order valence-electron chi connectivity index (χ1n) is 8.12. The molecule has 0 amide bonds. The van der Waals surface area contributed by atoms with E-state index in [1.807, 2.05) is 35.2 Å². The van der Waals surface area contributed by atoms with Gasteiger partial charge in [-0.2, -0.15) is 4.98 Å². The largest absolute Gasteiger partial charge is 0.480 e. The van der Waals surface area contributed by atoms with Gasteiger partial charge in [-0.15, -0.1) is 10.2 Å². The third-order valence-electron chi connectivity index (χ3n) is 4.06. The van der Waals surface area contributed by atoms with Crippen LogP contribution in [0.15, 0.2) is 48.7 Å². The number of rotatable bonds is 4. The number of para-hydroxylation sites is 1. The molecule has 0 fully saturated rings. The number of ketones is 1. The summed E-state index contributed by atoms with van der Waals surface area (Å²) in [5.74, 6) is 2.20. The number of ether oxygens (including phenoxy) is 1. The van der Waals surface area contributed by atoms with Gasteiger partial charge in [-0.1, -0.05) is 12.1 Å². The van der Waals surface area contributed by atoms with Crippen LogP contribution in [0.2, 0.25) is 0 Å². The molecule has 3 heterocycles. The minimum atomic E-state index is 0.151. The lowest BCUT2D eigenvalue weighted by molar-refractivity contribution is 0.0981. The number of aromatic nitrogens is 4. The molecule has 2 aromatic heterocycles. The fraction of sp³-hybridized carbons (Fsp3) is 0.167. The van der Waals surface area contributed by atoms with Crippen LogP contribution >= 0.6 is 0 Å². The molecule has 1 aromatic carbocycles. The molecule has 1 aliphatic heterocycles. The Morgan fingerprint density at radius 3 is 2.81 bits per heavy atom. The topological polar surface area (TPSA) is 93.1 Å². The maximum atomic E-state index is 12.1. The van der Waals surface area contributed by atoms with Crippen LogP contribution in [0.5, 0.6) is 5.88 Å². The van der Waals surface area contributed by atoms with Crippen molar-refractivity contribution in [2.45, 2.75) is 6.42 Å². The SMILES string of the molecule is COc1ccc(Nc2nccc(N3CCC(=O)c4ccccc43)n2)nn1. The third-order valence-corrected chi connectivity index (χ3v) is 4.06. The number of hydrogen-bond acceptors (Lipinski definition) is 8. The first-order chi connectivity index (χ1) is 12.7. The Labute approximate surface area is 149 Å². The van der Waals surface area contributed by atoms with E-state index in [0.29, 0.717) is 42.0 Å². The van der Waals surface area contributed by atoms with Crippen LogP contribution in [0.3, 0.4) is 0 Å². The second-order valence-electron chi connectivity index (χ2n) is 5.67. The van der Waals surface area contributed by atoms with E-state index in [2.05, 4.69) is 25.5 Å². The Morgan fingerprint density at radius 1 is 1.12 bits per heavy atom. The lowest BCUT2D eigenvalue weighted by Gasteiger charge is -2.29. The third kappa shape index (κ3) is 3.04. The number of carbonyl (C=O) groups is 1. The molecule has 3 aromatic rings. The number of carbonyl (C=O) groups excluding carboxylic acids is 1. The second kappa shape index (κ2) is 6.75. The van der Waals surface area contributed by atoms with Gasteiger partial charge in [0.25, 0.3) is 0 Å². The molecule has 0 spiro atoms. The summed E-state index contributed by atoms with van der Waals surface area (Å²) >= 11 is 0. The van der Waals surface area contributed by atoms with E-state index in [-0.39, 0.29) is 5.78 Å². The Kier molecular flexibility index (Phi) is 4.14. The molecule has 0 saturated heterocycles. The Morgan fingerprint density at radius 2 is 2.00 bits per heavy atom. The molecule has 1 aliphatic rings. The Bertz CT molecular complexity index is 944. The predicted molar refractivity (Wildman–Crippen MR) is 96.3 cm³/mol. The molecule has 0 aliphatic carbocycles. The average molecular weight is 348 g/mol. The summed E-state index contributed by atoms with van der Waals surface area (Å²) < 4.78 is 4.99. The second-order valence-corrected chi connectivity index (χ2v) is 5.67. The summed E-state index contributed by atoms with van der Waals surface area (Å²) in [6, 6.07) is 12.8. The molecule has 8 heteroatoms. The van der Waals surface area contributed by atoms with Crippen molar-refractivity contribution in [2.24, 2.45) is 0 Å². The van der Waals surface area contributed by atoms with Crippen molar-refractivity contribution in [3.63, 3.8) is 0 Å². The van der Waals surface area contributed by atoms with Crippen LogP contribution in [0, 0.1) is 0 Å². The zero-order chi connectivity index (χ0) is 17.9. The molecule has 26 heavy (non-hydrogen) atoms. The summed E-state index contributed by atoms with van der Waals surface area (Å²) in [6.07, 6.45) is 2.12. The molecule has 0 bridgehead atoms. The molecule has 0 atom stereocenters. The number of nitrogens with zero attached hydrogens (tertiary/aromatic N) is 5. The number of hydrogen-bond donors (Lipinski definition) is 1. The average Bonchev–Trinajstić information content (AvgIpc) is 2.69. The van der Waals surface area contributed by atoms with Crippen LogP contribution in [0.1, 0.15) is 16.8 Å². The Balaban J connectivity index is 1.62. The normalized spacial score (nSPS) is 13.3. The zero-order valence-electron chi connectivity index (χ0n) is 14.1. The fourth-order valence-corrected chi connectivity index (χ4v) is 2.82. The molecule has 0 radical (unpaired) electrons. The van der Waals surface area contributed by atoms with E-state index in [4.69, 9.17) is 4.74 Å². The van der Waals surface area contributed by atoms with Gasteiger partial charge < -0.3 is 15.0 Å². The van der Waals surface area contributed by atoms with E-state index in [1.165, 1.54) is 7.11 Å². The maximum absolute atomic E-state index is 12.1. The van der Waals surface area contributed by atoms with Crippen LogP contribution in [-0.4, -0.2) is 39.6 Å². The molecule has 0 saturated carbocycles. The van der Waals surface area contributed by atoms with E-state index in [1.54, 1.807) is 18.3 Å². The van der Waals surface area contributed by atoms with Crippen LogP contribution in [0.4, 0.5) is 23.3 Å². The van der Waals surface area contributed by atoms with Gasteiger partial charge in [0.1, 0.15) is 5.82 Å². The lowest BCUT2D eigenvalue weighted by atomic mass is 10.0. The summed E-state index contributed by atoms with van der Waals surface area (Å²) in [7, 11) is 1.53.